The largest absolute Gasteiger partial charge is 0.458 e. The van der Waals surface area contributed by atoms with Gasteiger partial charge in [0.2, 0.25) is 11.8 Å². The minimum atomic E-state index is -2.06. The van der Waals surface area contributed by atoms with E-state index in [1.54, 1.807) is 40.9 Å². The van der Waals surface area contributed by atoms with Crippen molar-refractivity contribution in [1.82, 2.24) is 25.5 Å². The molecule has 4 heterocycles. The molecule has 4 aromatic rings. The fourth-order valence-electron chi connectivity index (χ4n) is 9.84. The number of hydrogen-bond donors (Lipinski definition) is 6. The quantitative estimate of drug-likeness (QED) is 0.0254. The maximum atomic E-state index is 15.6. The Kier molecular flexibility index (Phi) is 23.8. The topological polar surface area (TPSA) is 307 Å². The second kappa shape index (κ2) is 30.9. The summed E-state index contributed by atoms with van der Waals surface area (Å²) in [6, 6.07) is 4.84. The Morgan fingerprint density at radius 3 is 2.02 bits per heavy atom. The monoisotopic (exact) mass is 1160 g/mol. The van der Waals surface area contributed by atoms with Gasteiger partial charge in [0.15, 0.2) is 5.60 Å². The SMILES string of the molecule is CC[C@@]1(O)C(=O)OCc2c1cc1n(c2=O)Cc2c-1nc1cc(F)c(C)c3c1c2[C@@H](NC(=O)OCc1ccc(NC(=O)[C@H](C)NC(=O)[C@@H](N)C(C)C)cc1C(=O)NCCOCCOCCOCCOCCOCCOCCOCCOC)CC3. The lowest BCUT2D eigenvalue weighted by Gasteiger charge is -2.31. The first-order chi connectivity index (χ1) is 40.0. The van der Waals surface area contributed by atoms with E-state index in [0.29, 0.717) is 137 Å². The zero-order valence-corrected chi connectivity index (χ0v) is 48.1. The van der Waals surface area contributed by atoms with Crippen molar-refractivity contribution in [2.24, 2.45) is 11.7 Å². The van der Waals surface area contributed by atoms with Gasteiger partial charge in [0.25, 0.3) is 11.5 Å². The van der Waals surface area contributed by atoms with Crippen molar-refractivity contribution >= 4 is 46.4 Å². The summed E-state index contributed by atoms with van der Waals surface area (Å²) in [4.78, 5) is 85.6. The first-order valence-electron chi connectivity index (χ1n) is 28.0. The number of benzene rings is 2. The molecular formula is C58H78FN7O17. The Morgan fingerprint density at radius 2 is 1.43 bits per heavy atom. The minimum Gasteiger partial charge on any atom is -0.458 e. The summed E-state index contributed by atoms with van der Waals surface area (Å²) in [5.41, 5.74) is 7.60. The van der Waals surface area contributed by atoms with Gasteiger partial charge in [-0.15, -0.1) is 0 Å². The molecule has 4 atom stereocenters. The molecule has 454 valence electrons. The van der Waals surface area contributed by atoms with Gasteiger partial charge in [0, 0.05) is 53.0 Å². The van der Waals surface area contributed by atoms with Crippen molar-refractivity contribution in [2.45, 2.75) is 97.4 Å². The number of aromatic nitrogens is 2. The van der Waals surface area contributed by atoms with E-state index in [-0.39, 0.29) is 79.8 Å². The van der Waals surface area contributed by atoms with E-state index in [1.165, 1.54) is 35.8 Å². The fourth-order valence-corrected chi connectivity index (χ4v) is 9.84. The molecule has 2 aliphatic heterocycles. The van der Waals surface area contributed by atoms with Gasteiger partial charge in [-0.25, -0.2) is 19.0 Å². The van der Waals surface area contributed by atoms with Crippen LogP contribution in [0.25, 0.3) is 22.3 Å². The summed E-state index contributed by atoms with van der Waals surface area (Å²) in [5.74, 6) is -3.15. The summed E-state index contributed by atoms with van der Waals surface area (Å²) in [7, 11) is 1.62. The number of nitrogens with one attached hydrogen (secondary N) is 4. The van der Waals surface area contributed by atoms with E-state index in [1.807, 2.05) is 0 Å². The number of fused-ring (bicyclic) bond motifs is 5. The second-order valence-electron chi connectivity index (χ2n) is 20.5. The van der Waals surface area contributed by atoms with Crippen molar-refractivity contribution in [2.75, 3.05) is 118 Å². The van der Waals surface area contributed by atoms with Crippen molar-refractivity contribution in [3.05, 3.63) is 91.0 Å². The van der Waals surface area contributed by atoms with Crippen LogP contribution in [0.5, 0.6) is 0 Å². The number of halogens is 1. The first kappa shape index (κ1) is 64.0. The van der Waals surface area contributed by atoms with Gasteiger partial charge in [-0.3, -0.25) is 19.2 Å². The number of esters is 1. The van der Waals surface area contributed by atoms with Crippen LogP contribution in [0.4, 0.5) is 14.9 Å². The molecule has 3 aliphatic rings. The van der Waals surface area contributed by atoms with Crippen molar-refractivity contribution in [3.63, 3.8) is 0 Å². The van der Waals surface area contributed by atoms with Gasteiger partial charge >= 0.3 is 12.1 Å². The molecule has 0 unspecified atom stereocenters. The van der Waals surface area contributed by atoms with Crippen molar-refractivity contribution < 1.29 is 80.8 Å². The number of amides is 4. The van der Waals surface area contributed by atoms with Crippen LogP contribution in [0.1, 0.15) is 95.9 Å². The number of aliphatic hydroxyl groups is 1. The Labute approximate surface area is 480 Å². The molecule has 83 heavy (non-hydrogen) atoms. The molecular weight excluding hydrogens is 1090 g/mol. The number of pyridine rings is 2. The summed E-state index contributed by atoms with van der Waals surface area (Å²) >= 11 is 0. The highest BCUT2D eigenvalue weighted by molar-refractivity contribution is 6.01. The van der Waals surface area contributed by atoms with Crippen LogP contribution >= 0.6 is 0 Å². The van der Waals surface area contributed by atoms with Crippen molar-refractivity contribution in [1.29, 1.82) is 0 Å². The van der Waals surface area contributed by atoms with Crippen LogP contribution in [0.2, 0.25) is 0 Å². The van der Waals surface area contributed by atoms with Gasteiger partial charge < -0.3 is 84.0 Å². The smallest absolute Gasteiger partial charge is 0.407 e. The van der Waals surface area contributed by atoms with Gasteiger partial charge in [-0.05, 0) is 73.9 Å². The predicted octanol–water partition coefficient (Wildman–Crippen LogP) is 3.36. The standard InChI is InChI=1S/C58H78FN7O17/c1-7-58(73)43-29-47-51-41(31-66(47)55(70)42(43)33-82-56(58)71)49-45(11-10-39-35(4)44(59)30-46(64-51)48(39)49)65-57(72)83-32-37-8-9-38(63-52(67)36(5)62-54(69)50(60)34(2)3)28-40(37)53(68)61-12-13-75-16-17-77-20-21-79-24-25-81-27-26-80-23-22-78-19-18-76-15-14-74-6/h8-9,28-30,34,36,45,50,73H,7,10-27,31-33,60H2,1-6H3,(H,61,68)(H,62,69)(H,63,67)(H,65,72)/t36-,45-,50-,58-/m0/s1. The highest BCUT2D eigenvalue weighted by atomic mass is 19.1. The number of carbonyl (C=O) groups is 5. The number of alkyl carbamates (subject to hydrolysis) is 1. The number of hydrogen-bond acceptors (Lipinski definition) is 19. The van der Waals surface area contributed by atoms with Gasteiger partial charge in [-0.2, -0.15) is 0 Å². The molecule has 0 spiro atoms. The number of nitrogens with zero attached hydrogens (tertiary/aromatic N) is 2. The van der Waals surface area contributed by atoms with E-state index in [0.717, 1.165) is 0 Å². The highest BCUT2D eigenvalue weighted by Gasteiger charge is 2.46. The van der Waals surface area contributed by atoms with Gasteiger partial charge in [0.1, 0.15) is 25.1 Å². The normalized spacial score (nSPS) is 16.7. The lowest BCUT2D eigenvalue weighted by atomic mass is 9.81. The minimum absolute atomic E-state index is 0.0323. The zero-order chi connectivity index (χ0) is 59.6. The molecule has 2 aromatic heterocycles. The van der Waals surface area contributed by atoms with Crippen molar-refractivity contribution in [3.8, 4) is 11.4 Å². The Balaban J connectivity index is 0.931. The molecule has 25 heteroatoms. The Bertz CT molecular complexity index is 3000. The predicted molar refractivity (Wildman–Crippen MR) is 299 cm³/mol. The molecule has 0 saturated carbocycles. The van der Waals surface area contributed by atoms with Crippen LogP contribution in [-0.4, -0.2) is 169 Å². The molecule has 7 rings (SSSR count). The molecule has 0 saturated heterocycles. The zero-order valence-electron chi connectivity index (χ0n) is 48.1. The summed E-state index contributed by atoms with van der Waals surface area (Å²) < 4.78 is 71.6. The number of methoxy groups -OCH3 is 1. The van der Waals surface area contributed by atoms with E-state index in [9.17, 15) is 33.9 Å². The third-order valence-electron chi connectivity index (χ3n) is 14.6. The molecule has 2 aromatic carbocycles. The number of ether oxygens (including phenoxy) is 10. The number of nitrogens with two attached hydrogens (primary N) is 1. The lowest BCUT2D eigenvalue weighted by Crippen LogP contribution is -2.50. The Morgan fingerprint density at radius 1 is 0.831 bits per heavy atom. The number of carbonyl (C=O) groups excluding carboxylic acids is 5. The average molecular weight is 1160 g/mol. The summed E-state index contributed by atoms with van der Waals surface area (Å²) in [6.45, 7) is 13.8. The van der Waals surface area contributed by atoms with Crippen LogP contribution < -0.4 is 32.6 Å². The van der Waals surface area contributed by atoms with E-state index < -0.39 is 71.5 Å². The molecule has 1 aliphatic carbocycles. The number of anilines is 1. The maximum absolute atomic E-state index is 15.6. The number of aryl methyl sites for hydroxylation is 1. The third-order valence-corrected chi connectivity index (χ3v) is 14.6. The van der Waals surface area contributed by atoms with Crippen LogP contribution in [0.15, 0.2) is 35.1 Å². The van der Waals surface area contributed by atoms with Gasteiger partial charge in [-0.1, -0.05) is 26.8 Å². The molecule has 7 N–H and O–H groups in total. The highest BCUT2D eigenvalue weighted by Crippen LogP contribution is 2.46. The summed E-state index contributed by atoms with van der Waals surface area (Å²) in [5, 5.41) is 23.2. The summed E-state index contributed by atoms with van der Waals surface area (Å²) in [6.07, 6.45) is -0.204. The van der Waals surface area contributed by atoms with Gasteiger partial charge in [0.05, 0.1) is 140 Å². The molecule has 4 amide bonds. The van der Waals surface area contributed by atoms with Crippen LogP contribution in [0.3, 0.4) is 0 Å². The lowest BCUT2D eigenvalue weighted by molar-refractivity contribution is -0.172. The van der Waals surface area contributed by atoms with E-state index in [2.05, 4.69) is 21.3 Å². The Hall–Kier alpha value is -6.52. The molecule has 0 bridgehead atoms. The van der Waals surface area contributed by atoms with E-state index >= 15 is 4.39 Å². The van der Waals surface area contributed by atoms with Crippen LogP contribution in [0, 0.1) is 18.7 Å². The van der Waals surface area contributed by atoms with Crippen LogP contribution in [-0.2, 0) is 93.5 Å². The first-order valence-corrected chi connectivity index (χ1v) is 28.0. The molecule has 0 fully saturated rings. The second-order valence-corrected chi connectivity index (χ2v) is 20.5. The van der Waals surface area contributed by atoms with E-state index in [4.69, 9.17) is 58.1 Å². The molecule has 0 radical (unpaired) electrons. The number of cyclic esters (lactones) is 1. The fraction of sp³-hybridized carbons (Fsp3) is 0.569. The third kappa shape index (κ3) is 16.2. The number of rotatable bonds is 34. The maximum Gasteiger partial charge on any atom is 0.407 e. The molecule has 24 nitrogen and oxygen atoms in total. The average Bonchev–Trinajstić information content (AvgIpc) is 1.82.